The molecule has 0 aliphatic heterocycles. The Labute approximate surface area is 109 Å². The monoisotopic (exact) mass is 265 g/mol. The number of hydrogen-bond donors (Lipinski definition) is 1. The molecule has 5 heteroatoms. The van der Waals surface area contributed by atoms with Crippen LogP contribution in [0, 0.1) is 0 Å². The van der Waals surface area contributed by atoms with Gasteiger partial charge in [0.15, 0.2) is 0 Å². The second-order valence-electron chi connectivity index (χ2n) is 3.98. The number of thiophene rings is 1. The third-order valence-electron chi connectivity index (χ3n) is 2.70. The minimum absolute atomic E-state index is 0.0256. The van der Waals surface area contributed by atoms with E-state index in [4.69, 9.17) is 9.52 Å². The lowest BCUT2D eigenvalue weighted by molar-refractivity contribution is 0.0661. The number of rotatable bonds is 5. The van der Waals surface area contributed by atoms with E-state index in [0.717, 1.165) is 23.3 Å². The highest BCUT2D eigenvalue weighted by atomic mass is 32.1. The zero-order chi connectivity index (χ0) is 13.1. The molecule has 2 aromatic heterocycles. The Hall–Kier alpha value is -1.62. The molecule has 0 aromatic carbocycles. The van der Waals surface area contributed by atoms with Gasteiger partial charge in [-0.05, 0) is 29.9 Å². The summed E-state index contributed by atoms with van der Waals surface area (Å²) in [5.74, 6) is -0.642. The van der Waals surface area contributed by atoms with Crippen molar-refractivity contribution in [2.45, 2.75) is 33.1 Å². The van der Waals surface area contributed by atoms with Gasteiger partial charge in [-0.2, -0.15) is 0 Å². The molecule has 2 heterocycles. The summed E-state index contributed by atoms with van der Waals surface area (Å²) in [6.45, 7) is 4.04. The van der Waals surface area contributed by atoms with Crippen molar-refractivity contribution in [1.29, 1.82) is 0 Å². The number of aromatic nitrogens is 1. The van der Waals surface area contributed by atoms with Gasteiger partial charge >= 0.3 is 5.97 Å². The Balaban J connectivity index is 2.46. The molecule has 0 unspecified atom stereocenters. The maximum Gasteiger partial charge on any atom is 0.373 e. The van der Waals surface area contributed by atoms with E-state index in [1.165, 1.54) is 11.3 Å². The lowest BCUT2D eigenvalue weighted by Crippen LogP contribution is -1.99. The summed E-state index contributed by atoms with van der Waals surface area (Å²) in [7, 11) is 0. The highest BCUT2D eigenvalue weighted by Gasteiger charge is 2.21. The van der Waals surface area contributed by atoms with Crippen LogP contribution in [0.3, 0.4) is 0 Å². The number of hydrogen-bond acceptors (Lipinski definition) is 4. The van der Waals surface area contributed by atoms with Gasteiger partial charge in [0.25, 0.3) is 0 Å². The van der Waals surface area contributed by atoms with E-state index in [-0.39, 0.29) is 5.76 Å². The predicted octanol–water partition coefficient (Wildman–Crippen LogP) is 3.62. The van der Waals surface area contributed by atoms with Crippen molar-refractivity contribution in [2.24, 2.45) is 0 Å². The fourth-order valence-corrected chi connectivity index (χ4v) is 2.74. The van der Waals surface area contributed by atoms with Gasteiger partial charge in [-0.1, -0.05) is 20.3 Å². The molecule has 0 bridgehead atoms. The number of aromatic carboxylic acids is 1. The average molecular weight is 265 g/mol. The zero-order valence-electron chi connectivity index (χ0n) is 10.4. The van der Waals surface area contributed by atoms with Crippen LogP contribution in [0.2, 0.25) is 0 Å². The largest absolute Gasteiger partial charge is 0.475 e. The van der Waals surface area contributed by atoms with Gasteiger partial charge in [0, 0.05) is 0 Å². The molecular weight excluding hydrogens is 250 g/mol. The molecule has 0 saturated heterocycles. The summed E-state index contributed by atoms with van der Waals surface area (Å²) in [4.78, 5) is 16.4. The number of carboxylic acids is 1. The number of nitrogens with zero attached hydrogens (tertiary/aromatic N) is 1. The average Bonchev–Trinajstić information content (AvgIpc) is 2.94. The lowest BCUT2D eigenvalue weighted by Gasteiger charge is -1.94. The highest BCUT2D eigenvalue weighted by molar-refractivity contribution is 7.13. The molecule has 0 aliphatic carbocycles. The van der Waals surface area contributed by atoms with Crippen molar-refractivity contribution in [2.75, 3.05) is 0 Å². The maximum atomic E-state index is 11.1. The summed E-state index contributed by atoms with van der Waals surface area (Å²) in [6, 6.07) is 2.02. The van der Waals surface area contributed by atoms with Crippen molar-refractivity contribution in [3.05, 3.63) is 28.5 Å². The lowest BCUT2D eigenvalue weighted by atomic mass is 10.2. The summed E-state index contributed by atoms with van der Waals surface area (Å²) < 4.78 is 5.42. The molecule has 96 valence electrons. The van der Waals surface area contributed by atoms with E-state index >= 15 is 0 Å². The van der Waals surface area contributed by atoms with Crippen molar-refractivity contribution in [3.8, 4) is 10.8 Å². The van der Waals surface area contributed by atoms with Crippen LogP contribution >= 0.6 is 11.3 Å². The van der Waals surface area contributed by atoms with Gasteiger partial charge in [-0.15, -0.1) is 11.3 Å². The normalized spacial score (nSPS) is 10.8. The van der Waals surface area contributed by atoms with Crippen LogP contribution in [0.1, 0.15) is 42.1 Å². The first-order chi connectivity index (χ1) is 8.67. The molecule has 0 spiro atoms. The van der Waals surface area contributed by atoms with Gasteiger partial charge in [-0.25, -0.2) is 9.78 Å². The smallest absolute Gasteiger partial charge is 0.373 e. The number of aryl methyl sites for hydroxylation is 2. The van der Waals surface area contributed by atoms with Crippen LogP contribution < -0.4 is 0 Å². The molecule has 0 atom stereocenters. The maximum absolute atomic E-state index is 11.1. The van der Waals surface area contributed by atoms with Crippen molar-refractivity contribution in [3.63, 3.8) is 0 Å². The van der Waals surface area contributed by atoms with Gasteiger partial charge in [0.1, 0.15) is 0 Å². The first-order valence-corrected chi connectivity index (χ1v) is 6.85. The molecule has 0 amide bonds. The number of carboxylic acid groups (broad SMARTS) is 1. The molecule has 0 saturated carbocycles. The van der Waals surface area contributed by atoms with Gasteiger partial charge < -0.3 is 9.52 Å². The molecule has 0 radical (unpaired) electrons. The van der Waals surface area contributed by atoms with E-state index in [1.807, 2.05) is 18.4 Å². The van der Waals surface area contributed by atoms with E-state index in [2.05, 4.69) is 11.9 Å². The first kappa shape index (κ1) is 12.8. The minimum Gasteiger partial charge on any atom is -0.475 e. The van der Waals surface area contributed by atoms with E-state index in [1.54, 1.807) is 0 Å². The number of oxazole rings is 1. The SMILES string of the molecule is CCCc1nc(-c2sccc2CC)oc1C(=O)O. The van der Waals surface area contributed by atoms with Crippen LogP contribution in [0.4, 0.5) is 0 Å². The van der Waals surface area contributed by atoms with Crippen LogP contribution in [-0.2, 0) is 12.8 Å². The van der Waals surface area contributed by atoms with Crippen LogP contribution in [0.25, 0.3) is 10.8 Å². The van der Waals surface area contributed by atoms with Gasteiger partial charge in [-0.3, -0.25) is 0 Å². The zero-order valence-corrected chi connectivity index (χ0v) is 11.2. The molecular formula is C13H15NO3S. The Morgan fingerprint density at radius 2 is 2.28 bits per heavy atom. The van der Waals surface area contributed by atoms with E-state index in [9.17, 15) is 4.79 Å². The Morgan fingerprint density at radius 1 is 1.50 bits per heavy atom. The Bertz CT molecular complexity index is 556. The fraction of sp³-hybridized carbons (Fsp3) is 0.385. The second kappa shape index (κ2) is 5.35. The fourth-order valence-electron chi connectivity index (χ4n) is 1.82. The van der Waals surface area contributed by atoms with E-state index < -0.39 is 5.97 Å². The van der Waals surface area contributed by atoms with Crippen molar-refractivity contribution >= 4 is 17.3 Å². The molecule has 4 nitrogen and oxygen atoms in total. The van der Waals surface area contributed by atoms with Gasteiger partial charge in [0.05, 0.1) is 10.6 Å². The summed E-state index contributed by atoms with van der Waals surface area (Å²) in [5.41, 5.74) is 1.68. The standard InChI is InChI=1S/C13H15NO3S/c1-3-5-9-10(13(15)16)17-12(14-9)11-8(4-2)6-7-18-11/h6-7H,3-5H2,1-2H3,(H,15,16). The molecule has 18 heavy (non-hydrogen) atoms. The summed E-state index contributed by atoms with van der Waals surface area (Å²) in [6.07, 6.45) is 2.35. The highest BCUT2D eigenvalue weighted by Crippen LogP contribution is 2.31. The van der Waals surface area contributed by atoms with Crippen LogP contribution in [-0.4, -0.2) is 16.1 Å². The summed E-state index contributed by atoms with van der Waals surface area (Å²) in [5, 5.41) is 11.1. The molecule has 2 rings (SSSR count). The third-order valence-corrected chi connectivity index (χ3v) is 3.64. The molecule has 0 aliphatic rings. The Morgan fingerprint density at radius 3 is 2.89 bits per heavy atom. The first-order valence-electron chi connectivity index (χ1n) is 5.97. The third kappa shape index (κ3) is 2.31. The van der Waals surface area contributed by atoms with Crippen molar-refractivity contribution < 1.29 is 14.3 Å². The molecule has 2 aromatic rings. The number of carbonyl (C=O) groups is 1. The predicted molar refractivity (Wildman–Crippen MR) is 70.1 cm³/mol. The Kier molecular flexibility index (Phi) is 3.81. The van der Waals surface area contributed by atoms with E-state index in [0.29, 0.717) is 18.0 Å². The molecule has 0 fully saturated rings. The van der Waals surface area contributed by atoms with Crippen LogP contribution in [0.15, 0.2) is 15.9 Å². The van der Waals surface area contributed by atoms with Gasteiger partial charge in [0.2, 0.25) is 11.7 Å². The minimum atomic E-state index is -1.05. The van der Waals surface area contributed by atoms with Crippen LogP contribution in [0.5, 0.6) is 0 Å². The quantitative estimate of drug-likeness (QED) is 0.896. The van der Waals surface area contributed by atoms with Crippen molar-refractivity contribution in [1.82, 2.24) is 4.98 Å². The topological polar surface area (TPSA) is 63.3 Å². The summed E-state index contributed by atoms with van der Waals surface area (Å²) >= 11 is 1.53. The second-order valence-corrected chi connectivity index (χ2v) is 4.89. The molecule has 1 N–H and O–H groups in total.